The Balaban J connectivity index is 2.32. The summed E-state index contributed by atoms with van der Waals surface area (Å²) in [5.74, 6) is 0.592. The molecule has 1 aromatic carbocycles. The predicted molar refractivity (Wildman–Crippen MR) is 74.7 cm³/mol. The number of aromatic nitrogens is 2. The van der Waals surface area contributed by atoms with Crippen molar-refractivity contribution in [3.05, 3.63) is 41.3 Å². The molecule has 2 aromatic rings. The number of benzene rings is 1. The van der Waals surface area contributed by atoms with Crippen LogP contribution in [0.4, 0.5) is 11.5 Å². The van der Waals surface area contributed by atoms with Crippen molar-refractivity contribution in [3.63, 3.8) is 0 Å². The maximum Gasteiger partial charge on any atom is 0.339 e. The number of anilines is 2. The van der Waals surface area contributed by atoms with Gasteiger partial charge in [-0.1, -0.05) is 0 Å². The first kappa shape index (κ1) is 13.8. The zero-order valence-corrected chi connectivity index (χ0v) is 11.5. The number of methoxy groups -OCH3 is 1. The fourth-order valence-electron chi connectivity index (χ4n) is 1.87. The number of carbonyl (C=O) groups is 1. The maximum absolute atomic E-state index is 11.0. The lowest BCUT2D eigenvalue weighted by molar-refractivity contribution is 0.0693. The summed E-state index contributed by atoms with van der Waals surface area (Å²) in [5.41, 5.74) is 1.67. The van der Waals surface area contributed by atoms with Gasteiger partial charge in [-0.25, -0.2) is 14.8 Å². The molecule has 1 aromatic heterocycles. The zero-order valence-electron chi connectivity index (χ0n) is 11.5. The van der Waals surface area contributed by atoms with Crippen LogP contribution in [0.3, 0.4) is 0 Å². The predicted octanol–water partition coefficient (Wildman–Crippen LogP) is 2.54. The van der Waals surface area contributed by atoms with Crippen LogP contribution in [0.5, 0.6) is 5.75 Å². The minimum absolute atomic E-state index is 0.119. The molecule has 0 aliphatic heterocycles. The van der Waals surface area contributed by atoms with Gasteiger partial charge < -0.3 is 15.2 Å². The molecule has 0 aliphatic carbocycles. The number of hydrogen-bond donors (Lipinski definition) is 2. The molecule has 2 rings (SSSR count). The third-order valence-electron chi connectivity index (χ3n) is 2.67. The minimum Gasteiger partial charge on any atom is -0.496 e. The van der Waals surface area contributed by atoms with Crippen LogP contribution in [0.2, 0.25) is 0 Å². The molecule has 104 valence electrons. The third-order valence-corrected chi connectivity index (χ3v) is 2.67. The van der Waals surface area contributed by atoms with Crippen molar-refractivity contribution >= 4 is 17.5 Å². The molecule has 6 heteroatoms. The highest BCUT2D eigenvalue weighted by atomic mass is 16.5. The second kappa shape index (κ2) is 5.56. The van der Waals surface area contributed by atoms with Crippen LogP contribution in [0.1, 0.15) is 21.9 Å². The van der Waals surface area contributed by atoms with E-state index in [-0.39, 0.29) is 5.56 Å². The SMILES string of the molecule is COc1cc(Nc2cc(C)nc(C)n2)ccc1C(=O)O. The highest BCUT2D eigenvalue weighted by Crippen LogP contribution is 2.25. The number of rotatable bonds is 4. The van der Waals surface area contributed by atoms with Crippen molar-refractivity contribution < 1.29 is 14.6 Å². The van der Waals surface area contributed by atoms with E-state index < -0.39 is 5.97 Å². The molecular formula is C14H15N3O3. The van der Waals surface area contributed by atoms with Crippen molar-refractivity contribution in [1.29, 1.82) is 0 Å². The monoisotopic (exact) mass is 273 g/mol. The Morgan fingerprint density at radius 1 is 1.25 bits per heavy atom. The Bertz CT molecular complexity index is 636. The van der Waals surface area contributed by atoms with E-state index in [0.29, 0.717) is 23.1 Å². The molecule has 0 saturated heterocycles. The highest BCUT2D eigenvalue weighted by Gasteiger charge is 2.11. The van der Waals surface area contributed by atoms with Gasteiger partial charge in [0, 0.05) is 23.5 Å². The van der Waals surface area contributed by atoms with Crippen LogP contribution >= 0.6 is 0 Å². The smallest absolute Gasteiger partial charge is 0.339 e. The average Bonchev–Trinajstić information content (AvgIpc) is 2.37. The van der Waals surface area contributed by atoms with E-state index in [1.807, 2.05) is 19.9 Å². The first-order valence-electron chi connectivity index (χ1n) is 6.00. The van der Waals surface area contributed by atoms with Crippen molar-refractivity contribution in [2.75, 3.05) is 12.4 Å². The number of aryl methyl sites for hydroxylation is 2. The van der Waals surface area contributed by atoms with Gasteiger partial charge in [0.15, 0.2) is 0 Å². The second-order valence-electron chi connectivity index (χ2n) is 4.29. The molecule has 0 unspecified atom stereocenters. The molecule has 20 heavy (non-hydrogen) atoms. The molecule has 0 fully saturated rings. The molecule has 0 amide bonds. The summed E-state index contributed by atoms with van der Waals surface area (Å²) in [5, 5.41) is 12.1. The number of hydrogen-bond acceptors (Lipinski definition) is 5. The van der Waals surface area contributed by atoms with Crippen molar-refractivity contribution in [1.82, 2.24) is 9.97 Å². The molecule has 6 nitrogen and oxygen atoms in total. The summed E-state index contributed by atoms with van der Waals surface area (Å²) in [6.07, 6.45) is 0. The van der Waals surface area contributed by atoms with Gasteiger partial charge in [0.25, 0.3) is 0 Å². The normalized spacial score (nSPS) is 10.2. The van der Waals surface area contributed by atoms with Gasteiger partial charge in [-0.2, -0.15) is 0 Å². The van der Waals surface area contributed by atoms with Gasteiger partial charge in [0.05, 0.1) is 7.11 Å². The summed E-state index contributed by atoms with van der Waals surface area (Å²) in [4.78, 5) is 19.5. The molecule has 0 saturated carbocycles. The van der Waals surface area contributed by atoms with Gasteiger partial charge in [0.2, 0.25) is 0 Å². The fourth-order valence-corrected chi connectivity index (χ4v) is 1.87. The molecule has 0 radical (unpaired) electrons. The van der Waals surface area contributed by atoms with E-state index >= 15 is 0 Å². The lowest BCUT2D eigenvalue weighted by atomic mass is 10.2. The van der Waals surface area contributed by atoms with E-state index in [4.69, 9.17) is 9.84 Å². The lowest BCUT2D eigenvalue weighted by Gasteiger charge is -2.10. The lowest BCUT2D eigenvalue weighted by Crippen LogP contribution is -2.02. The molecule has 2 N–H and O–H groups in total. The summed E-state index contributed by atoms with van der Waals surface area (Å²) >= 11 is 0. The Morgan fingerprint density at radius 3 is 2.60 bits per heavy atom. The first-order chi connectivity index (χ1) is 9.49. The van der Waals surface area contributed by atoms with E-state index in [1.54, 1.807) is 12.1 Å². The van der Waals surface area contributed by atoms with E-state index in [0.717, 1.165) is 5.69 Å². The van der Waals surface area contributed by atoms with Crippen molar-refractivity contribution in [3.8, 4) is 5.75 Å². The summed E-state index contributed by atoms with van der Waals surface area (Å²) in [6, 6.07) is 6.59. The first-order valence-corrected chi connectivity index (χ1v) is 6.00. The highest BCUT2D eigenvalue weighted by molar-refractivity contribution is 5.91. The molecule has 0 bridgehead atoms. The van der Waals surface area contributed by atoms with Crippen LogP contribution in [0.15, 0.2) is 24.3 Å². The van der Waals surface area contributed by atoms with Gasteiger partial charge >= 0.3 is 5.97 Å². The summed E-state index contributed by atoms with van der Waals surface area (Å²) < 4.78 is 5.08. The van der Waals surface area contributed by atoms with Gasteiger partial charge in [-0.15, -0.1) is 0 Å². The quantitative estimate of drug-likeness (QED) is 0.890. The zero-order chi connectivity index (χ0) is 14.7. The molecular weight excluding hydrogens is 258 g/mol. The van der Waals surface area contributed by atoms with Gasteiger partial charge in [-0.3, -0.25) is 0 Å². The van der Waals surface area contributed by atoms with Crippen LogP contribution in [0, 0.1) is 13.8 Å². The number of carboxylic acid groups (broad SMARTS) is 1. The Kier molecular flexibility index (Phi) is 3.84. The third kappa shape index (κ3) is 3.03. The molecule has 1 heterocycles. The van der Waals surface area contributed by atoms with Crippen LogP contribution in [0.25, 0.3) is 0 Å². The Labute approximate surface area is 116 Å². The largest absolute Gasteiger partial charge is 0.496 e. The van der Waals surface area contributed by atoms with Crippen LogP contribution in [-0.4, -0.2) is 28.2 Å². The minimum atomic E-state index is -1.03. The number of nitrogens with one attached hydrogen (secondary N) is 1. The molecule has 0 spiro atoms. The Hall–Kier alpha value is -2.63. The standard InChI is InChI=1S/C14H15N3O3/c1-8-6-13(16-9(2)15-8)17-10-4-5-11(14(18)19)12(7-10)20-3/h4-7H,1-3H3,(H,18,19)(H,15,16,17). The maximum atomic E-state index is 11.0. The number of aromatic carboxylic acids is 1. The number of nitrogens with zero attached hydrogens (tertiary/aromatic N) is 2. The number of carboxylic acids is 1. The molecule has 0 aliphatic rings. The van der Waals surface area contributed by atoms with Crippen molar-refractivity contribution in [2.24, 2.45) is 0 Å². The van der Waals surface area contributed by atoms with Crippen molar-refractivity contribution in [2.45, 2.75) is 13.8 Å². The topological polar surface area (TPSA) is 84.3 Å². The van der Waals surface area contributed by atoms with Gasteiger partial charge in [0.1, 0.15) is 23.0 Å². The average molecular weight is 273 g/mol. The van der Waals surface area contributed by atoms with E-state index in [2.05, 4.69) is 15.3 Å². The van der Waals surface area contributed by atoms with Crippen LogP contribution in [-0.2, 0) is 0 Å². The summed E-state index contributed by atoms with van der Waals surface area (Å²) in [6.45, 7) is 3.69. The van der Waals surface area contributed by atoms with E-state index in [9.17, 15) is 4.79 Å². The van der Waals surface area contributed by atoms with E-state index in [1.165, 1.54) is 13.2 Å². The van der Waals surface area contributed by atoms with Crippen LogP contribution < -0.4 is 10.1 Å². The second-order valence-corrected chi connectivity index (χ2v) is 4.29. The summed E-state index contributed by atoms with van der Waals surface area (Å²) in [7, 11) is 1.44. The van der Waals surface area contributed by atoms with Gasteiger partial charge in [-0.05, 0) is 26.0 Å². The fraction of sp³-hybridized carbons (Fsp3) is 0.214. The number of ether oxygens (including phenoxy) is 1. The molecule has 0 atom stereocenters. The Morgan fingerprint density at radius 2 is 2.00 bits per heavy atom.